The van der Waals surface area contributed by atoms with Gasteiger partial charge >= 0.3 is 0 Å². The van der Waals surface area contributed by atoms with Crippen LogP contribution in [0.15, 0.2) is 36.9 Å². The molecule has 3 heteroatoms. The minimum Gasteiger partial charge on any atom is -0.497 e. The summed E-state index contributed by atoms with van der Waals surface area (Å²) in [7, 11) is 1.66. The molecule has 0 bridgehead atoms. The average molecular weight is 405 g/mol. The van der Waals surface area contributed by atoms with Crippen LogP contribution in [0.3, 0.4) is 0 Å². The fraction of sp³-hybridized carbons (Fsp3) is 0.692. The van der Waals surface area contributed by atoms with Gasteiger partial charge in [-0.1, -0.05) is 102 Å². The van der Waals surface area contributed by atoms with Crippen LogP contribution in [0.1, 0.15) is 96.0 Å². The van der Waals surface area contributed by atoms with Crippen molar-refractivity contribution < 1.29 is 14.6 Å². The first kappa shape index (κ1) is 25.7. The molecular formula is C26H44O3. The third kappa shape index (κ3) is 12.8. The van der Waals surface area contributed by atoms with Crippen LogP contribution in [0.2, 0.25) is 0 Å². The maximum atomic E-state index is 10.2. The van der Waals surface area contributed by atoms with E-state index in [1.54, 1.807) is 13.2 Å². The molecule has 1 N–H and O–H groups in total. The SMILES string of the molecule is C=C[C@H](O)[C@@H](CCCCCCCCCCCCCC)OCc1ccc(OC)cc1. The Morgan fingerprint density at radius 1 is 0.862 bits per heavy atom. The highest BCUT2D eigenvalue weighted by atomic mass is 16.5. The maximum absolute atomic E-state index is 10.2. The van der Waals surface area contributed by atoms with Gasteiger partial charge in [-0.3, -0.25) is 0 Å². The van der Waals surface area contributed by atoms with E-state index in [1.165, 1.54) is 70.6 Å². The number of unbranched alkanes of at least 4 members (excludes halogenated alkanes) is 11. The molecule has 1 aromatic rings. The highest BCUT2D eigenvalue weighted by molar-refractivity contribution is 5.26. The second-order valence-corrected chi connectivity index (χ2v) is 8.10. The molecule has 0 spiro atoms. The quantitative estimate of drug-likeness (QED) is 0.195. The number of aliphatic hydroxyl groups excluding tert-OH is 1. The van der Waals surface area contributed by atoms with Gasteiger partial charge in [0.05, 0.1) is 25.9 Å². The second kappa shape index (κ2) is 17.5. The van der Waals surface area contributed by atoms with E-state index in [-0.39, 0.29) is 6.10 Å². The normalized spacial score (nSPS) is 13.2. The highest BCUT2D eigenvalue weighted by Gasteiger charge is 2.16. The van der Waals surface area contributed by atoms with Gasteiger partial charge in [-0.05, 0) is 24.1 Å². The first-order valence-electron chi connectivity index (χ1n) is 11.8. The minimum absolute atomic E-state index is 0.183. The minimum atomic E-state index is -0.610. The van der Waals surface area contributed by atoms with Crippen LogP contribution in [0.25, 0.3) is 0 Å². The Kier molecular flexibility index (Phi) is 15.5. The van der Waals surface area contributed by atoms with Gasteiger partial charge in [-0.25, -0.2) is 0 Å². The Bertz CT molecular complexity index is 497. The molecule has 166 valence electrons. The topological polar surface area (TPSA) is 38.7 Å². The van der Waals surface area contributed by atoms with Gasteiger partial charge in [-0.2, -0.15) is 0 Å². The summed E-state index contributed by atoms with van der Waals surface area (Å²) in [4.78, 5) is 0. The zero-order valence-corrected chi connectivity index (χ0v) is 18.9. The van der Waals surface area contributed by atoms with Crippen LogP contribution in [0.5, 0.6) is 5.75 Å². The first-order valence-corrected chi connectivity index (χ1v) is 11.8. The number of aliphatic hydroxyl groups is 1. The smallest absolute Gasteiger partial charge is 0.118 e. The molecular weight excluding hydrogens is 360 g/mol. The molecule has 0 aliphatic carbocycles. The predicted molar refractivity (Wildman–Crippen MR) is 123 cm³/mol. The molecule has 0 aromatic heterocycles. The standard InChI is InChI=1S/C26H44O3/c1-4-6-7-8-9-10-11-12-13-14-15-16-17-26(25(27)5-2)29-22-23-18-20-24(28-3)21-19-23/h5,18-21,25-27H,2,4,6-17,22H2,1,3H3/t25-,26+/m0/s1. The zero-order chi connectivity index (χ0) is 21.2. The summed E-state index contributed by atoms with van der Waals surface area (Å²) in [5.74, 6) is 0.841. The van der Waals surface area contributed by atoms with Crippen LogP contribution in [-0.2, 0) is 11.3 Å². The number of methoxy groups -OCH3 is 1. The van der Waals surface area contributed by atoms with Crippen LogP contribution in [0, 0.1) is 0 Å². The van der Waals surface area contributed by atoms with Gasteiger partial charge in [-0.15, -0.1) is 6.58 Å². The highest BCUT2D eigenvalue weighted by Crippen LogP contribution is 2.18. The Labute approximate surface area is 179 Å². The van der Waals surface area contributed by atoms with Gasteiger partial charge in [0.15, 0.2) is 0 Å². The molecule has 1 rings (SSSR count). The maximum Gasteiger partial charge on any atom is 0.118 e. The van der Waals surface area contributed by atoms with Gasteiger partial charge in [0.2, 0.25) is 0 Å². The van der Waals surface area contributed by atoms with Gasteiger partial charge in [0.25, 0.3) is 0 Å². The lowest BCUT2D eigenvalue weighted by atomic mass is 10.0. The largest absolute Gasteiger partial charge is 0.497 e. The summed E-state index contributed by atoms with van der Waals surface area (Å²) < 4.78 is 11.2. The number of ether oxygens (including phenoxy) is 2. The van der Waals surface area contributed by atoms with E-state index in [2.05, 4.69) is 13.5 Å². The monoisotopic (exact) mass is 404 g/mol. The summed E-state index contributed by atoms with van der Waals surface area (Å²) in [6.45, 7) is 6.49. The molecule has 0 fully saturated rings. The van der Waals surface area contributed by atoms with Crippen molar-refractivity contribution >= 4 is 0 Å². The summed E-state index contributed by atoms with van der Waals surface area (Å²) >= 11 is 0. The van der Waals surface area contributed by atoms with Crippen LogP contribution >= 0.6 is 0 Å². The molecule has 0 heterocycles. The Morgan fingerprint density at radius 3 is 1.86 bits per heavy atom. The van der Waals surface area contributed by atoms with Gasteiger partial charge < -0.3 is 14.6 Å². The zero-order valence-electron chi connectivity index (χ0n) is 18.9. The van der Waals surface area contributed by atoms with Crippen LogP contribution in [-0.4, -0.2) is 24.4 Å². The molecule has 0 aliphatic rings. The summed E-state index contributed by atoms with van der Waals surface area (Å²) in [5, 5.41) is 10.2. The van der Waals surface area contributed by atoms with Gasteiger partial charge in [0.1, 0.15) is 5.75 Å². The lowest BCUT2D eigenvalue weighted by Crippen LogP contribution is -2.27. The van der Waals surface area contributed by atoms with E-state index in [4.69, 9.17) is 9.47 Å². The number of benzene rings is 1. The van der Waals surface area contributed by atoms with Gasteiger partial charge in [0, 0.05) is 0 Å². The Hall–Kier alpha value is -1.32. The second-order valence-electron chi connectivity index (χ2n) is 8.10. The molecule has 3 nitrogen and oxygen atoms in total. The molecule has 0 unspecified atom stereocenters. The molecule has 0 saturated heterocycles. The Morgan fingerprint density at radius 2 is 1.38 bits per heavy atom. The summed E-state index contributed by atoms with van der Waals surface area (Å²) in [6, 6.07) is 7.87. The third-order valence-electron chi connectivity index (χ3n) is 5.59. The summed E-state index contributed by atoms with van der Waals surface area (Å²) in [6.07, 6.45) is 17.7. The van der Waals surface area contributed by atoms with E-state index in [0.717, 1.165) is 24.2 Å². The van der Waals surface area contributed by atoms with E-state index < -0.39 is 6.10 Å². The number of rotatable bonds is 19. The fourth-order valence-electron chi connectivity index (χ4n) is 3.62. The van der Waals surface area contributed by atoms with Crippen molar-refractivity contribution in [1.82, 2.24) is 0 Å². The van der Waals surface area contributed by atoms with Crippen LogP contribution < -0.4 is 4.74 Å². The predicted octanol–water partition coefficient (Wildman–Crippen LogP) is 7.22. The molecule has 2 atom stereocenters. The van der Waals surface area contributed by atoms with Crippen molar-refractivity contribution in [2.75, 3.05) is 7.11 Å². The molecule has 29 heavy (non-hydrogen) atoms. The average Bonchev–Trinajstić information content (AvgIpc) is 2.76. The van der Waals surface area contributed by atoms with Crippen molar-refractivity contribution in [1.29, 1.82) is 0 Å². The lowest BCUT2D eigenvalue weighted by molar-refractivity contribution is -0.0320. The number of hydrogen-bond acceptors (Lipinski definition) is 3. The van der Waals surface area contributed by atoms with E-state index >= 15 is 0 Å². The Balaban J connectivity index is 2.11. The van der Waals surface area contributed by atoms with Crippen molar-refractivity contribution in [3.63, 3.8) is 0 Å². The number of hydrogen-bond donors (Lipinski definition) is 1. The van der Waals surface area contributed by atoms with Crippen molar-refractivity contribution in [3.05, 3.63) is 42.5 Å². The van der Waals surface area contributed by atoms with E-state index in [9.17, 15) is 5.11 Å². The van der Waals surface area contributed by atoms with Crippen molar-refractivity contribution in [3.8, 4) is 5.75 Å². The lowest BCUT2D eigenvalue weighted by Gasteiger charge is -2.21. The van der Waals surface area contributed by atoms with E-state index in [0.29, 0.717) is 6.61 Å². The molecule has 1 aromatic carbocycles. The van der Waals surface area contributed by atoms with Crippen molar-refractivity contribution in [2.45, 2.75) is 109 Å². The third-order valence-corrected chi connectivity index (χ3v) is 5.59. The summed E-state index contributed by atoms with van der Waals surface area (Å²) in [5.41, 5.74) is 1.08. The molecule has 0 saturated carbocycles. The first-order chi connectivity index (χ1) is 14.2. The van der Waals surface area contributed by atoms with Crippen LogP contribution in [0.4, 0.5) is 0 Å². The van der Waals surface area contributed by atoms with E-state index in [1.807, 2.05) is 24.3 Å². The molecule has 0 radical (unpaired) electrons. The molecule has 0 amide bonds. The fourth-order valence-corrected chi connectivity index (χ4v) is 3.62. The molecule has 0 aliphatic heterocycles. The van der Waals surface area contributed by atoms with Crippen molar-refractivity contribution in [2.24, 2.45) is 0 Å².